The predicted octanol–water partition coefficient (Wildman–Crippen LogP) is 6.59. The molecule has 0 amide bonds. The molecule has 0 radical (unpaired) electrons. The normalized spacial score (nSPS) is 55.2. The molecule has 0 heteroatoms. The van der Waals surface area contributed by atoms with E-state index in [9.17, 15) is 0 Å². The van der Waals surface area contributed by atoms with Crippen molar-refractivity contribution >= 4 is 0 Å². The SMILES string of the molecule is C.C.CC1CC2C=CC1C2.CC1CC2CC1C1C3C=CC(C3)C21. The van der Waals surface area contributed by atoms with Crippen LogP contribution in [0.25, 0.3) is 0 Å². The van der Waals surface area contributed by atoms with Crippen molar-refractivity contribution in [3.05, 3.63) is 24.3 Å². The Bertz CT molecular complexity index is 486. The topological polar surface area (TPSA) is 0 Å². The Morgan fingerprint density at radius 3 is 1.87 bits per heavy atom. The van der Waals surface area contributed by atoms with Crippen molar-refractivity contribution in [3.63, 3.8) is 0 Å². The van der Waals surface area contributed by atoms with Gasteiger partial charge in [0.2, 0.25) is 0 Å². The van der Waals surface area contributed by atoms with Gasteiger partial charge in [-0.15, -0.1) is 0 Å². The average Bonchev–Trinajstić information content (AvgIpc) is 3.26. The third-order valence-corrected chi connectivity index (χ3v) is 8.21. The van der Waals surface area contributed by atoms with Crippen molar-refractivity contribution < 1.29 is 0 Å². The maximum atomic E-state index is 2.54. The van der Waals surface area contributed by atoms with E-state index < -0.39 is 0 Å². The fourth-order valence-corrected chi connectivity index (χ4v) is 7.40. The van der Waals surface area contributed by atoms with Crippen molar-refractivity contribution in [1.82, 2.24) is 0 Å². The van der Waals surface area contributed by atoms with Crippen molar-refractivity contribution in [2.24, 2.45) is 59.2 Å². The lowest BCUT2D eigenvalue weighted by Crippen LogP contribution is -2.29. The highest BCUT2D eigenvalue weighted by atomic mass is 14.6. The van der Waals surface area contributed by atoms with E-state index in [1.807, 2.05) is 0 Å². The van der Waals surface area contributed by atoms with Crippen molar-refractivity contribution in [2.75, 3.05) is 0 Å². The van der Waals surface area contributed by atoms with Gasteiger partial charge in [-0.25, -0.2) is 0 Å². The number of fused-ring (bicyclic) bond motifs is 11. The Morgan fingerprint density at radius 2 is 1.30 bits per heavy atom. The molecule has 6 rings (SSSR count). The quantitative estimate of drug-likeness (QED) is 0.349. The number of hydrogen-bond donors (Lipinski definition) is 0. The molecule has 0 nitrogen and oxygen atoms in total. The van der Waals surface area contributed by atoms with E-state index in [2.05, 4.69) is 38.2 Å². The second-order valence-corrected chi connectivity index (χ2v) is 9.23. The minimum Gasteiger partial charge on any atom is -0.0851 e. The summed E-state index contributed by atoms with van der Waals surface area (Å²) in [5.74, 6) is 10.5. The van der Waals surface area contributed by atoms with Crippen molar-refractivity contribution in [1.29, 1.82) is 0 Å². The van der Waals surface area contributed by atoms with Crippen LogP contribution in [0.15, 0.2) is 24.3 Å². The second-order valence-electron chi connectivity index (χ2n) is 9.23. The van der Waals surface area contributed by atoms with Crippen LogP contribution in [0.1, 0.15) is 60.8 Å². The predicted molar refractivity (Wildman–Crippen MR) is 101 cm³/mol. The van der Waals surface area contributed by atoms with Gasteiger partial charge in [0.1, 0.15) is 0 Å². The molecule has 6 aliphatic carbocycles. The Kier molecular flexibility index (Phi) is 4.58. The molecule has 23 heavy (non-hydrogen) atoms. The molecule has 0 saturated heterocycles. The zero-order valence-electron chi connectivity index (χ0n) is 13.6. The standard InChI is InChI=1S/C13H18.C8H12.2CH4/c1-7-4-10-6-11(7)13-9-3-2-8(5-9)12(10)13;1-6-4-7-2-3-8(6)5-7;;/h2-3,7-13H,4-6H2,1H3;2-3,6-8H,4-5H2,1H3;2*1H4. The Labute approximate surface area is 144 Å². The number of rotatable bonds is 0. The Hall–Kier alpha value is -0.520. The fraction of sp³-hybridized carbons (Fsp3) is 0.826. The highest BCUT2D eigenvalue weighted by molar-refractivity contribution is 5.20. The molecule has 0 aromatic rings. The van der Waals surface area contributed by atoms with E-state index in [-0.39, 0.29) is 14.9 Å². The molecule has 0 heterocycles. The summed E-state index contributed by atoms with van der Waals surface area (Å²) in [6.07, 6.45) is 17.5. The van der Waals surface area contributed by atoms with Crippen LogP contribution in [0.2, 0.25) is 0 Å². The van der Waals surface area contributed by atoms with Crippen LogP contribution in [0.4, 0.5) is 0 Å². The summed E-state index contributed by atoms with van der Waals surface area (Å²) in [4.78, 5) is 0. The number of hydrogen-bond acceptors (Lipinski definition) is 0. The first-order valence-electron chi connectivity index (χ1n) is 9.57. The van der Waals surface area contributed by atoms with Gasteiger partial charge >= 0.3 is 0 Å². The molecule has 4 fully saturated rings. The molecule has 4 saturated carbocycles. The summed E-state index contributed by atoms with van der Waals surface area (Å²) < 4.78 is 0. The molecular weight excluding hydrogens is 276 g/mol. The van der Waals surface area contributed by atoms with E-state index in [0.717, 1.165) is 59.2 Å². The molecule has 0 aliphatic heterocycles. The van der Waals surface area contributed by atoms with Crippen LogP contribution in [0.5, 0.6) is 0 Å². The maximum absolute atomic E-state index is 2.54. The summed E-state index contributed by atoms with van der Waals surface area (Å²) in [5.41, 5.74) is 0. The number of allylic oxidation sites excluding steroid dienone is 4. The van der Waals surface area contributed by atoms with Crippen molar-refractivity contribution in [2.45, 2.75) is 60.8 Å². The molecule has 0 aromatic heterocycles. The summed E-state index contributed by atoms with van der Waals surface area (Å²) in [6.45, 7) is 4.87. The van der Waals surface area contributed by atoms with E-state index in [1.165, 1.54) is 19.3 Å². The maximum Gasteiger partial charge on any atom is -0.0194 e. The second kappa shape index (κ2) is 6.08. The first kappa shape index (κ1) is 17.3. The Morgan fingerprint density at radius 1 is 0.609 bits per heavy atom. The molecule has 10 atom stereocenters. The van der Waals surface area contributed by atoms with Crippen LogP contribution in [-0.2, 0) is 0 Å². The monoisotopic (exact) mass is 314 g/mol. The van der Waals surface area contributed by atoms with E-state index in [1.54, 1.807) is 12.8 Å². The molecular formula is C23H38. The van der Waals surface area contributed by atoms with E-state index in [0.29, 0.717) is 0 Å². The van der Waals surface area contributed by atoms with Crippen LogP contribution in [-0.4, -0.2) is 0 Å². The minimum absolute atomic E-state index is 0. The van der Waals surface area contributed by atoms with E-state index in [4.69, 9.17) is 0 Å². The minimum atomic E-state index is 0. The van der Waals surface area contributed by atoms with Crippen molar-refractivity contribution in [3.8, 4) is 0 Å². The zero-order chi connectivity index (χ0) is 14.1. The van der Waals surface area contributed by atoms with Gasteiger partial charge in [-0.05, 0) is 91.3 Å². The van der Waals surface area contributed by atoms with Crippen LogP contribution >= 0.6 is 0 Å². The molecule has 0 aromatic carbocycles. The molecule has 0 spiro atoms. The average molecular weight is 315 g/mol. The van der Waals surface area contributed by atoms with Gasteiger partial charge < -0.3 is 0 Å². The highest BCUT2D eigenvalue weighted by Gasteiger charge is 2.59. The molecule has 6 aliphatic rings. The first-order valence-corrected chi connectivity index (χ1v) is 9.57. The lowest BCUT2D eigenvalue weighted by molar-refractivity contribution is 0.160. The van der Waals surface area contributed by atoms with Crippen LogP contribution in [0, 0.1) is 59.2 Å². The smallest absolute Gasteiger partial charge is 0.0194 e. The fourth-order valence-electron chi connectivity index (χ4n) is 7.40. The molecule has 6 bridgehead atoms. The molecule has 130 valence electrons. The van der Waals surface area contributed by atoms with Gasteiger partial charge in [-0.3, -0.25) is 0 Å². The summed E-state index contributed by atoms with van der Waals surface area (Å²) in [5, 5.41) is 0. The summed E-state index contributed by atoms with van der Waals surface area (Å²) in [6, 6.07) is 0. The Balaban J connectivity index is 0.000000137. The third-order valence-electron chi connectivity index (χ3n) is 8.21. The third kappa shape index (κ3) is 2.47. The summed E-state index contributed by atoms with van der Waals surface area (Å²) >= 11 is 0. The molecule has 10 unspecified atom stereocenters. The van der Waals surface area contributed by atoms with Gasteiger partial charge in [0.25, 0.3) is 0 Å². The molecule has 0 N–H and O–H groups in total. The largest absolute Gasteiger partial charge is 0.0851 e. The lowest BCUT2D eigenvalue weighted by atomic mass is 9.70. The zero-order valence-corrected chi connectivity index (χ0v) is 13.6. The van der Waals surface area contributed by atoms with Gasteiger partial charge in [0.15, 0.2) is 0 Å². The van der Waals surface area contributed by atoms with Crippen LogP contribution in [0.3, 0.4) is 0 Å². The summed E-state index contributed by atoms with van der Waals surface area (Å²) in [7, 11) is 0. The van der Waals surface area contributed by atoms with Gasteiger partial charge in [-0.1, -0.05) is 53.0 Å². The lowest BCUT2D eigenvalue weighted by Gasteiger charge is -2.35. The van der Waals surface area contributed by atoms with Gasteiger partial charge in [0, 0.05) is 0 Å². The van der Waals surface area contributed by atoms with Crippen LogP contribution < -0.4 is 0 Å². The first-order chi connectivity index (χ1) is 10.2. The van der Waals surface area contributed by atoms with Gasteiger partial charge in [0.05, 0.1) is 0 Å². The van der Waals surface area contributed by atoms with E-state index >= 15 is 0 Å². The highest BCUT2D eigenvalue weighted by Crippen LogP contribution is 2.66. The van der Waals surface area contributed by atoms with Gasteiger partial charge in [-0.2, -0.15) is 0 Å².